The van der Waals surface area contributed by atoms with E-state index in [2.05, 4.69) is 0 Å². The predicted molar refractivity (Wildman–Crippen MR) is 136 cm³/mol. The van der Waals surface area contributed by atoms with Gasteiger partial charge in [-0.25, -0.2) is 9.59 Å². The highest BCUT2D eigenvalue weighted by Gasteiger charge is 2.58. The second-order valence-corrected chi connectivity index (χ2v) is 10.8. The molecule has 0 radical (unpaired) electrons. The molecule has 6 nitrogen and oxygen atoms in total. The molecule has 0 aromatic heterocycles. The third-order valence-electron chi connectivity index (χ3n) is 5.98. The Kier molecular flexibility index (Phi) is 8.21. The van der Waals surface area contributed by atoms with Crippen LogP contribution in [0.3, 0.4) is 0 Å². The summed E-state index contributed by atoms with van der Waals surface area (Å²) in [7, 11) is 0. The van der Waals surface area contributed by atoms with Crippen LogP contribution in [0.5, 0.6) is 5.75 Å². The van der Waals surface area contributed by atoms with Crippen molar-refractivity contribution in [3.05, 3.63) is 64.2 Å². The molecule has 1 N–H and O–H groups in total. The lowest BCUT2D eigenvalue weighted by Crippen LogP contribution is -2.53. The van der Waals surface area contributed by atoms with Crippen molar-refractivity contribution in [3.63, 3.8) is 0 Å². The molecule has 0 saturated carbocycles. The molecule has 0 aliphatic carbocycles. The highest BCUT2D eigenvalue weighted by molar-refractivity contribution is 6.30. The number of ether oxygens (including phenoxy) is 2. The van der Waals surface area contributed by atoms with Crippen molar-refractivity contribution in [3.8, 4) is 5.75 Å². The van der Waals surface area contributed by atoms with Crippen molar-refractivity contribution in [2.45, 2.75) is 78.6 Å². The van der Waals surface area contributed by atoms with Gasteiger partial charge in [-0.1, -0.05) is 71.4 Å². The van der Waals surface area contributed by atoms with E-state index in [0.717, 1.165) is 5.56 Å². The zero-order chi connectivity index (χ0) is 26.8. The molecule has 0 atom stereocenters. The van der Waals surface area contributed by atoms with Crippen LogP contribution in [-0.2, 0) is 35.3 Å². The maximum absolute atomic E-state index is 14.2. The number of aromatic hydroxyl groups is 1. The molecular weight excluding hydrogens is 444 g/mol. The molecule has 0 amide bonds. The van der Waals surface area contributed by atoms with Gasteiger partial charge in [-0.05, 0) is 60.4 Å². The average Bonchev–Trinajstić information content (AvgIpc) is 2.74. The Labute approximate surface area is 208 Å². The average molecular weight is 483 g/mol. The Balaban J connectivity index is 3.09. The number of ketones is 1. The van der Waals surface area contributed by atoms with Crippen LogP contribution in [0.2, 0.25) is 0 Å². The number of esters is 2. The minimum absolute atomic E-state index is 0.0303. The highest BCUT2D eigenvalue weighted by Crippen LogP contribution is 2.44. The van der Waals surface area contributed by atoms with E-state index in [4.69, 9.17) is 9.47 Å². The van der Waals surface area contributed by atoms with Crippen LogP contribution in [0.4, 0.5) is 0 Å². The SMILES string of the molecule is CCOC(=O)C(C(=O)OCC)(C(=O)c1ccc(C)cc1)c1cc(C(C)(C)C)c(O)c(C(C)(C)C)c1. The summed E-state index contributed by atoms with van der Waals surface area (Å²) in [5.41, 5.74) is -1.26. The van der Waals surface area contributed by atoms with Gasteiger partial charge in [0, 0.05) is 5.56 Å². The minimum atomic E-state index is -2.39. The zero-order valence-corrected chi connectivity index (χ0v) is 22.4. The maximum Gasteiger partial charge on any atom is 0.336 e. The highest BCUT2D eigenvalue weighted by atomic mass is 16.6. The molecule has 0 heterocycles. The lowest BCUT2D eigenvalue weighted by molar-refractivity contribution is -0.161. The van der Waals surface area contributed by atoms with Crippen molar-refractivity contribution in [2.24, 2.45) is 0 Å². The molecule has 35 heavy (non-hydrogen) atoms. The van der Waals surface area contributed by atoms with Gasteiger partial charge in [-0.3, -0.25) is 4.79 Å². The predicted octanol–water partition coefficient (Wildman–Crippen LogP) is 5.54. The molecule has 190 valence electrons. The summed E-state index contributed by atoms with van der Waals surface area (Å²) in [5.74, 6) is -2.68. The molecular formula is C29H38O6. The molecule has 0 bridgehead atoms. The number of hydrogen-bond donors (Lipinski definition) is 1. The first-order chi connectivity index (χ1) is 16.1. The molecule has 2 rings (SSSR count). The summed E-state index contributed by atoms with van der Waals surface area (Å²) in [6, 6.07) is 9.77. The second-order valence-electron chi connectivity index (χ2n) is 10.8. The van der Waals surface area contributed by atoms with Gasteiger partial charge >= 0.3 is 11.9 Å². The Bertz CT molecular complexity index is 1040. The number of Topliss-reactive ketones (excluding diaryl/α,β-unsaturated/α-hetero) is 1. The largest absolute Gasteiger partial charge is 0.507 e. The van der Waals surface area contributed by atoms with E-state index in [1.807, 2.05) is 48.5 Å². The van der Waals surface area contributed by atoms with Crippen LogP contribution in [0, 0.1) is 6.92 Å². The number of benzene rings is 2. The van der Waals surface area contributed by atoms with Gasteiger partial charge in [0.25, 0.3) is 5.41 Å². The molecule has 6 heteroatoms. The van der Waals surface area contributed by atoms with Crippen LogP contribution < -0.4 is 0 Å². The fourth-order valence-corrected chi connectivity index (χ4v) is 4.03. The summed E-state index contributed by atoms with van der Waals surface area (Å²) in [4.78, 5) is 41.5. The second kappa shape index (κ2) is 10.2. The van der Waals surface area contributed by atoms with Crippen molar-refractivity contribution in [2.75, 3.05) is 13.2 Å². The van der Waals surface area contributed by atoms with Crippen LogP contribution in [0.25, 0.3) is 0 Å². The molecule has 0 fully saturated rings. The lowest BCUT2D eigenvalue weighted by atomic mass is 9.69. The topological polar surface area (TPSA) is 89.9 Å². The van der Waals surface area contributed by atoms with Crippen molar-refractivity contribution < 1.29 is 29.0 Å². The number of carbonyl (C=O) groups is 3. The number of carbonyl (C=O) groups excluding carboxylic acids is 3. The molecule has 0 spiro atoms. The molecule has 0 unspecified atom stereocenters. The molecule has 2 aromatic carbocycles. The first-order valence-corrected chi connectivity index (χ1v) is 12.0. The fraction of sp³-hybridized carbons (Fsp3) is 0.483. The van der Waals surface area contributed by atoms with E-state index in [1.54, 1.807) is 50.2 Å². The molecule has 2 aromatic rings. The van der Waals surface area contributed by atoms with Gasteiger partial charge in [0.1, 0.15) is 5.75 Å². The summed E-state index contributed by atoms with van der Waals surface area (Å²) in [6.45, 7) is 16.5. The molecule has 0 saturated heterocycles. The van der Waals surface area contributed by atoms with E-state index < -0.39 is 34.0 Å². The van der Waals surface area contributed by atoms with Gasteiger partial charge in [0.15, 0.2) is 5.78 Å². The summed E-state index contributed by atoms with van der Waals surface area (Å²) in [6.07, 6.45) is 0. The van der Waals surface area contributed by atoms with Gasteiger partial charge in [-0.2, -0.15) is 0 Å². The maximum atomic E-state index is 14.2. The van der Waals surface area contributed by atoms with E-state index in [-0.39, 0.29) is 30.1 Å². The smallest absolute Gasteiger partial charge is 0.336 e. The van der Waals surface area contributed by atoms with Gasteiger partial charge in [0.05, 0.1) is 13.2 Å². The fourth-order valence-electron chi connectivity index (χ4n) is 4.03. The van der Waals surface area contributed by atoms with Crippen LogP contribution in [-0.4, -0.2) is 36.0 Å². The third kappa shape index (κ3) is 5.42. The standard InChI is InChI=1S/C29H38O6/c1-10-34-25(32)29(26(33)35-11-2,24(31)19-14-12-18(3)13-15-19)20-16-21(27(4,5)6)23(30)22(17-20)28(7,8)9/h12-17,30H,10-11H2,1-9H3. The van der Waals surface area contributed by atoms with Crippen LogP contribution in [0.15, 0.2) is 36.4 Å². The molecule has 0 aliphatic heterocycles. The first kappa shape index (κ1) is 28.1. The first-order valence-electron chi connectivity index (χ1n) is 12.0. The number of phenols is 1. The zero-order valence-electron chi connectivity index (χ0n) is 22.4. The van der Waals surface area contributed by atoms with Crippen molar-refractivity contribution >= 4 is 17.7 Å². The monoisotopic (exact) mass is 482 g/mol. The van der Waals surface area contributed by atoms with Crippen molar-refractivity contribution in [1.29, 1.82) is 0 Å². The van der Waals surface area contributed by atoms with Crippen molar-refractivity contribution in [1.82, 2.24) is 0 Å². The third-order valence-corrected chi connectivity index (χ3v) is 5.98. The Hall–Kier alpha value is -3.15. The summed E-state index contributed by atoms with van der Waals surface area (Å²) < 4.78 is 10.7. The quantitative estimate of drug-likeness (QED) is 0.316. The van der Waals surface area contributed by atoms with Crippen LogP contribution in [0.1, 0.15) is 88.0 Å². The number of hydrogen-bond acceptors (Lipinski definition) is 6. The normalized spacial score (nSPS) is 12.3. The van der Waals surface area contributed by atoms with E-state index in [1.165, 1.54) is 0 Å². The van der Waals surface area contributed by atoms with Crippen LogP contribution >= 0.6 is 0 Å². The summed E-state index contributed by atoms with van der Waals surface area (Å²) >= 11 is 0. The van der Waals surface area contributed by atoms with E-state index in [0.29, 0.717) is 11.1 Å². The number of rotatable bonds is 7. The summed E-state index contributed by atoms with van der Waals surface area (Å²) in [5, 5.41) is 11.2. The molecule has 0 aliphatic rings. The van der Waals surface area contributed by atoms with E-state index in [9.17, 15) is 19.5 Å². The van der Waals surface area contributed by atoms with Gasteiger partial charge in [-0.15, -0.1) is 0 Å². The Morgan fingerprint density at radius 3 is 1.51 bits per heavy atom. The van der Waals surface area contributed by atoms with Gasteiger partial charge in [0.2, 0.25) is 0 Å². The Morgan fingerprint density at radius 1 is 0.771 bits per heavy atom. The Morgan fingerprint density at radius 2 is 1.17 bits per heavy atom. The van der Waals surface area contributed by atoms with E-state index >= 15 is 0 Å². The van der Waals surface area contributed by atoms with Gasteiger partial charge < -0.3 is 14.6 Å². The minimum Gasteiger partial charge on any atom is -0.507 e. The number of phenolic OH excluding ortho intramolecular Hbond substituents is 1. The lowest BCUT2D eigenvalue weighted by Gasteiger charge is -2.33. The number of aryl methyl sites for hydroxylation is 1.